The van der Waals surface area contributed by atoms with Gasteiger partial charge in [0, 0.05) is 24.2 Å². The molecular formula is C21H47N2OP. The number of hydrogen-bond donors (Lipinski definition) is 0. The van der Waals surface area contributed by atoms with Crippen LogP contribution in [0.3, 0.4) is 0 Å². The molecule has 0 aromatic carbocycles. The van der Waals surface area contributed by atoms with Crippen molar-refractivity contribution in [3.8, 4) is 0 Å². The van der Waals surface area contributed by atoms with Crippen LogP contribution < -0.4 is 0 Å². The predicted octanol–water partition coefficient (Wildman–Crippen LogP) is 7.22. The monoisotopic (exact) mass is 374 g/mol. The maximum absolute atomic E-state index is 6.56. The average molecular weight is 375 g/mol. The van der Waals surface area contributed by atoms with Crippen LogP contribution in [-0.2, 0) is 4.52 Å². The molecule has 0 radical (unpaired) electrons. The molecule has 0 amide bonds. The smallest absolute Gasteiger partial charge is 0.188 e. The number of hydrogen-bond acceptors (Lipinski definition) is 3. The van der Waals surface area contributed by atoms with Gasteiger partial charge in [-0.1, -0.05) is 45.4 Å². The first kappa shape index (κ1) is 25.3. The van der Waals surface area contributed by atoms with Gasteiger partial charge in [0.25, 0.3) is 0 Å². The van der Waals surface area contributed by atoms with Gasteiger partial charge in [-0.05, 0) is 61.8 Å². The van der Waals surface area contributed by atoms with Gasteiger partial charge in [-0.2, -0.15) is 0 Å². The third-order valence-electron chi connectivity index (χ3n) is 4.47. The zero-order valence-electron chi connectivity index (χ0n) is 18.7. The number of nitrogens with zero attached hydrogens (tertiary/aromatic N) is 2. The van der Waals surface area contributed by atoms with E-state index in [-0.39, 0.29) is 0 Å². The van der Waals surface area contributed by atoms with E-state index in [1.165, 1.54) is 44.9 Å². The molecule has 0 atom stereocenters. The van der Waals surface area contributed by atoms with Crippen molar-refractivity contribution in [2.24, 2.45) is 0 Å². The summed E-state index contributed by atoms with van der Waals surface area (Å²) in [5.41, 5.74) is 0. The summed E-state index contributed by atoms with van der Waals surface area (Å²) in [6.45, 7) is 21.5. The molecule has 0 aliphatic rings. The summed E-state index contributed by atoms with van der Waals surface area (Å²) < 4.78 is 11.7. The zero-order valence-corrected chi connectivity index (χ0v) is 19.6. The maximum Gasteiger partial charge on any atom is 0.188 e. The first-order valence-electron chi connectivity index (χ1n) is 10.7. The highest BCUT2D eigenvalue weighted by molar-refractivity contribution is 7.47. The topological polar surface area (TPSA) is 15.7 Å². The van der Waals surface area contributed by atoms with Crippen LogP contribution in [0.2, 0.25) is 0 Å². The molecule has 3 nitrogen and oxygen atoms in total. The summed E-state index contributed by atoms with van der Waals surface area (Å²) in [7, 11) is -0.709. The minimum Gasteiger partial charge on any atom is -0.331 e. The van der Waals surface area contributed by atoms with Crippen LogP contribution in [0.15, 0.2) is 0 Å². The van der Waals surface area contributed by atoms with Crippen molar-refractivity contribution in [3.05, 3.63) is 0 Å². The van der Waals surface area contributed by atoms with E-state index in [1.807, 2.05) is 0 Å². The molecule has 0 N–H and O–H groups in total. The molecule has 4 heteroatoms. The second-order valence-electron chi connectivity index (χ2n) is 8.34. The van der Waals surface area contributed by atoms with Gasteiger partial charge in [0.1, 0.15) is 0 Å². The highest BCUT2D eigenvalue weighted by Crippen LogP contribution is 2.50. The van der Waals surface area contributed by atoms with Crippen LogP contribution in [0.25, 0.3) is 0 Å². The first-order valence-corrected chi connectivity index (χ1v) is 11.9. The number of unbranched alkanes of at least 4 members (excludes halogenated alkanes) is 6. The molecule has 0 unspecified atom stereocenters. The summed E-state index contributed by atoms with van der Waals surface area (Å²) in [5.74, 6) is 0. The van der Waals surface area contributed by atoms with Gasteiger partial charge in [0.2, 0.25) is 0 Å². The van der Waals surface area contributed by atoms with Gasteiger partial charge in [-0.3, -0.25) is 0 Å². The third kappa shape index (κ3) is 10.3. The average Bonchev–Trinajstić information content (AvgIpc) is 2.48. The molecule has 25 heavy (non-hydrogen) atoms. The van der Waals surface area contributed by atoms with E-state index in [0.29, 0.717) is 24.2 Å². The van der Waals surface area contributed by atoms with Gasteiger partial charge < -0.3 is 4.52 Å². The normalized spacial score (nSPS) is 13.0. The quantitative estimate of drug-likeness (QED) is 0.222. The minimum atomic E-state index is -0.709. The predicted molar refractivity (Wildman–Crippen MR) is 115 cm³/mol. The van der Waals surface area contributed by atoms with E-state index >= 15 is 0 Å². The van der Waals surface area contributed by atoms with Gasteiger partial charge in [-0.25, -0.2) is 9.34 Å². The Labute approximate surface area is 160 Å². The summed E-state index contributed by atoms with van der Waals surface area (Å²) in [6.07, 6.45) is 9.35. The molecule has 0 aliphatic heterocycles. The fraction of sp³-hybridized carbons (Fsp3) is 1.00. The second-order valence-corrected chi connectivity index (χ2v) is 10.0. The van der Waals surface area contributed by atoms with Gasteiger partial charge in [-0.15, -0.1) is 0 Å². The highest BCUT2D eigenvalue weighted by atomic mass is 31.2. The highest BCUT2D eigenvalue weighted by Gasteiger charge is 2.34. The minimum absolute atomic E-state index is 0.500. The summed E-state index contributed by atoms with van der Waals surface area (Å²) in [6, 6.07) is 2.00. The summed E-state index contributed by atoms with van der Waals surface area (Å²) in [4.78, 5) is 0. The van der Waals surface area contributed by atoms with Crippen molar-refractivity contribution >= 4 is 8.45 Å². The molecule has 0 saturated carbocycles. The molecule has 152 valence electrons. The Morgan fingerprint density at radius 3 is 1.32 bits per heavy atom. The Hall–Kier alpha value is 0.310. The van der Waals surface area contributed by atoms with Crippen molar-refractivity contribution in [3.63, 3.8) is 0 Å². The van der Waals surface area contributed by atoms with Gasteiger partial charge in [0.15, 0.2) is 8.45 Å². The fourth-order valence-corrected chi connectivity index (χ4v) is 5.82. The van der Waals surface area contributed by atoms with E-state index in [9.17, 15) is 0 Å². The molecule has 0 fully saturated rings. The van der Waals surface area contributed by atoms with E-state index in [2.05, 4.69) is 71.7 Å². The van der Waals surface area contributed by atoms with Crippen LogP contribution in [0, 0.1) is 0 Å². The molecule has 0 aliphatic carbocycles. The van der Waals surface area contributed by atoms with Crippen LogP contribution in [0.1, 0.15) is 107 Å². The van der Waals surface area contributed by atoms with Crippen molar-refractivity contribution in [1.82, 2.24) is 9.34 Å². The van der Waals surface area contributed by atoms with Crippen molar-refractivity contribution < 1.29 is 4.52 Å². The lowest BCUT2D eigenvalue weighted by atomic mass is 10.1. The molecular weight excluding hydrogens is 327 g/mol. The number of rotatable bonds is 15. The summed E-state index contributed by atoms with van der Waals surface area (Å²) in [5, 5.41) is 0. The SMILES string of the molecule is CCCCCCCCCOP(N(C(C)C)C(C)C)N(C(C)C)C(C)C. The van der Waals surface area contributed by atoms with Gasteiger partial charge in [0.05, 0.1) is 6.61 Å². The first-order chi connectivity index (χ1) is 11.7. The second kappa shape index (κ2) is 14.4. The molecule has 0 heterocycles. The zero-order chi connectivity index (χ0) is 19.4. The van der Waals surface area contributed by atoms with E-state index in [4.69, 9.17) is 4.52 Å². The van der Waals surface area contributed by atoms with E-state index < -0.39 is 8.45 Å². The van der Waals surface area contributed by atoms with Crippen LogP contribution >= 0.6 is 8.45 Å². The largest absolute Gasteiger partial charge is 0.331 e. The molecule has 0 bridgehead atoms. The molecule has 0 rings (SSSR count). The molecule has 0 aromatic heterocycles. The Bertz CT molecular complexity index is 272. The van der Waals surface area contributed by atoms with Crippen LogP contribution in [0.5, 0.6) is 0 Å². The van der Waals surface area contributed by atoms with Crippen LogP contribution in [-0.4, -0.2) is 40.1 Å². The Morgan fingerprint density at radius 2 is 0.960 bits per heavy atom. The molecule has 0 aromatic rings. The Balaban J connectivity index is 4.69. The van der Waals surface area contributed by atoms with Gasteiger partial charge >= 0.3 is 0 Å². The van der Waals surface area contributed by atoms with Crippen molar-refractivity contribution in [1.29, 1.82) is 0 Å². The lowest BCUT2D eigenvalue weighted by molar-refractivity contribution is 0.184. The summed E-state index contributed by atoms with van der Waals surface area (Å²) >= 11 is 0. The van der Waals surface area contributed by atoms with E-state index in [0.717, 1.165) is 6.61 Å². The lowest BCUT2D eigenvalue weighted by Crippen LogP contribution is -2.43. The molecule has 0 spiro atoms. The third-order valence-corrected chi connectivity index (χ3v) is 7.52. The van der Waals surface area contributed by atoms with Crippen LogP contribution in [0.4, 0.5) is 0 Å². The van der Waals surface area contributed by atoms with Crippen molar-refractivity contribution in [2.75, 3.05) is 6.61 Å². The lowest BCUT2D eigenvalue weighted by Gasteiger charge is -2.45. The maximum atomic E-state index is 6.56. The Kier molecular flexibility index (Phi) is 14.6. The fourth-order valence-electron chi connectivity index (χ4n) is 3.44. The van der Waals surface area contributed by atoms with E-state index in [1.54, 1.807) is 0 Å². The molecule has 0 saturated heterocycles. The standard InChI is InChI=1S/C21H47N2OP/c1-10-11-12-13-14-15-16-17-24-25(22(18(2)3)19(4)5)23(20(6)7)21(8)9/h18-21H,10-17H2,1-9H3. The Morgan fingerprint density at radius 1 is 0.600 bits per heavy atom. The van der Waals surface area contributed by atoms with Crippen molar-refractivity contribution in [2.45, 2.75) is 131 Å².